The Balaban J connectivity index is 2.65. The Morgan fingerprint density at radius 3 is 2.33 bits per heavy atom. The van der Waals surface area contributed by atoms with Gasteiger partial charge in [0.25, 0.3) is 0 Å². The number of aliphatic carboxylic acids is 1. The SMILES string of the molecule is CC(C)Oc1ccc(NC(C)(C)CC(=O)O)cc1. The van der Waals surface area contributed by atoms with Crippen molar-refractivity contribution in [2.24, 2.45) is 0 Å². The Bertz CT molecular complexity index is 396. The van der Waals surface area contributed by atoms with Crippen LogP contribution in [0.1, 0.15) is 34.1 Å². The first-order valence-electron chi connectivity index (χ1n) is 6.05. The predicted molar refractivity (Wildman–Crippen MR) is 72.2 cm³/mol. The summed E-state index contributed by atoms with van der Waals surface area (Å²) >= 11 is 0. The fourth-order valence-corrected chi connectivity index (χ4v) is 1.70. The van der Waals surface area contributed by atoms with E-state index in [4.69, 9.17) is 9.84 Å². The highest BCUT2D eigenvalue weighted by Crippen LogP contribution is 2.21. The van der Waals surface area contributed by atoms with E-state index in [1.54, 1.807) is 0 Å². The Hall–Kier alpha value is -1.71. The second-order valence-electron chi connectivity index (χ2n) is 5.27. The van der Waals surface area contributed by atoms with Crippen LogP contribution >= 0.6 is 0 Å². The van der Waals surface area contributed by atoms with Gasteiger partial charge in [-0.05, 0) is 52.0 Å². The number of carboxylic acids is 1. The Morgan fingerprint density at radius 2 is 1.89 bits per heavy atom. The molecule has 0 saturated heterocycles. The number of nitrogens with one attached hydrogen (secondary N) is 1. The number of benzene rings is 1. The lowest BCUT2D eigenvalue weighted by Gasteiger charge is -2.25. The minimum atomic E-state index is -0.813. The summed E-state index contributed by atoms with van der Waals surface area (Å²) in [6.45, 7) is 7.67. The highest BCUT2D eigenvalue weighted by atomic mass is 16.5. The normalized spacial score (nSPS) is 11.4. The molecule has 0 fully saturated rings. The van der Waals surface area contributed by atoms with Crippen LogP contribution in [0.15, 0.2) is 24.3 Å². The second-order valence-corrected chi connectivity index (χ2v) is 5.27. The third-order valence-corrected chi connectivity index (χ3v) is 2.30. The Labute approximate surface area is 108 Å². The monoisotopic (exact) mass is 251 g/mol. The number of hydrogen-bond acceptors (Lipinski definition) is 3. The number of rotatable bonds is 6. The smallest absolute Gasteiger partial charge is 0.305 e. The fraction of sp³-hybridized carbons (Fsp3) is 0.500. The molecule has 0 amide bonds. The maximum Gasteiger partial charge on any atom is 0.305 e. The summed E-state index contributed by atoms with van der Waals surface area (Å²) in [5.74, 6) is -0.00106. The van der Waals surface area contributed by atoms with Crippen LogP contribution in [-0.2, 0) is 4.79 Å². The molecule has 0 aliphatic carbocycles. The van der Waals surface area contributed by atoms with Crippen LogP contribution in [0.3, 0.4) is 0 Å². The van der Waals surface area contributed by atoms with E-state index >= 15 is 0 Å². The summed E-state index contributed by atoms with van der Waals surface area (Å²) in [7, 11) is 0. The molecule has 0 heterocycles. The number of carbonyl (C=O) groups is 1. The van der Waals surface area contributed by atoms with Crippen LogP contribution in [-0.4, -0.2) is 22.7 Å². The quantitative estimate of drug-likeness (QED) is 0.815. The van der Waals surface area contributed by atoms with Crippen LogP contribution in [0.25, 0.3) is 0 Å². The molecule has 18 heavy (non-hydrogen) atoms. The summed E-state index contributed by atoms with van der Waals surface area (Å²) in [5.41, 5.74) is 0.407. The van der Waals surface area contributed by atoms with Crippen molar-refractivity contribution < 1.29 is 14.6 Å². The summed E-state index contributed by atoms with van der Waals surface area (Å²) < 4.78 is 5.54. The second kappa shape index (κ2) is 5.76. The maximum atomic E-state index is 10.7. The molecule has 2 N–H and O–H groups in total. The number of hydrogen-bond donors (Lipinski definition) is 2. The lowest BCUT2D eigenvalue weighted by Crippen LogP contribution is -2.33. The number of ether oxygens (including phenoxy) is 1. The van der Waals surface area contributed by atoms with Crippen LogP contribution in [0.5, 0.6) is 5.75 Å². The molecule has 0 aliphatic rings. The molecule has 1 aromatic rings. The zero-order valence-electron chi connectivity index (χ0n) is 11.4. The molecule has 0 spiro atoms. The van der Waals surface area contributed by atoms with Crippen LogP contribution < -0.4 is 10.1 Å². The van der Waals surface area contributed by atoms with Crippen molar-refractivity contribution in [2.75, 3.05) is 5.32 Å². The standard InChI is InChI=1S/C14H21NO3/c1-10(2)18-12-7-5-11(6-8-12)15-14(3,4)9-13(16)17/h5-8,10,15H,9H2,1-4H3,(H,16,17). The molecule has 100 valence electrons. The minimum Gasteiger partial charge on any atom is -0.491 e. The van der Waals surface area contributed by atoms with Gasteiger partial charge in [-0.25, -0.2) is 0 Å². The highest BCUT2D eigenvalue weighted by Gasteiger charge is 2.21. The van der Waals surface area contributed by atoms with Gasteiger partial charge in [0.1, 0.15) is 5.75 Å². The zero-order chi connectivity index (χ0) is 13.8. The number of anilines is 1. The van der Waals surface area contributed by atoms with E-state index in [0.717, 1.165) is 11.4 Å². The lowest BCUT2D eigenvalue weighted by molar-refractivity contribution is -0.137. The van der Waals surface area contributed by atoms with Crippen molar-refractivity contribution in [1.82, 2.24) is 0 Å². The molecular weight excluding hydrogens is 230 g/mol. The third-order valence-electron chi connectivity index (χ3n) is 2.30. The first-order chi connectivity index (χ1) is 8.28. The predicted octanol–water partition coefficient (Wildman–Crippen LogP) is 3.14. The maximum absolute atomic E-state index is 10.7. The van der Waals surface area contributed by atoms with Gasteiger partial charge < -0.3 is 15.2 Å². The summed E-state index contributed by atoms with van der Waals surface area (Å²) in [6.07, 6.45) is 0.212. The molecule has 0 radical (unpaired) electrons. The molecule has 0 saturated carbocycles. The van der Waals surface area contributed by atoms with E-state index in [1.807, 2.05) is 52.0 Å². The Morgan fingerprint density at radius 1 is 1.33 bits per heavy atom. The molecule has 0 aliphatic heterocycles. The first-order valence-corrected chi connectivity index (χ1v) is 6.05. The lowest BCUT2D eigenvalue weighted by atomic mass is 10.0. The first kappa shape index (κ1) is 14.4. The molecule has 0 bridgehead atoms. The topological polar surface area (TPSA) is 58.6 Å². The van der Waals surface area contributed by atoms with E-state index in [-0.39, 0.29) is 12.5 Å². The molecule has 0 atom stereocenters. The van der Waals surface area contributed by atoms with Crippen LogP contribution in [0.4, 0.5) is 5.69 Å². The van der Waals surface area contributed by atoms with Gasteiger partial charge in [-0.15, -0.1) is 0 Å². The molecule has 0 unspecified atom stereocenters. The molecule has 1 rings (SSSR count). The van der Waals surface area contributed by atoms with Crippen LogP contribution in [0.2, 0.25) is 0 Å². The van der Waals surface area contributed by atoms with Gasteiger partial charge in [-0.1, -0.05) is 0 Å². The minimum absolute atomic E-state index is 0.0667. The number of carboxylic acid groups (broad SMARTS) is 1. The Kier molecular flexibility index (Phi) is 4.59. The molecule has 4 heteroatoms. The van der Waals surface area contributed by atoms with Crippen molar-refractivity contribution in [2.45, 2.75) is 45.8 Å². The zero-order valence-corrected chi connectivity index (χ0v) is 11.4. The van der Waals surface area contributed by atoms with Crippen LogP contribution in [0, 0.1) is 0 Å². The molecule has 0 aromatic heterocycles. The molecule has 4 nitrogen and oxygen atoms in total. The van der Waals surface area contributed by atoms with Gasteiger partial charge in [0.2, 0.25) is 0 Å². The van der Waals surface area contributed by atoms with Crippen molar-refractivity contribution in [3.8, 4) is 5.75 Å². The van der Waals surface area contributed by atoms with Gasteiger partial charge in [0.15, 0.2) is 0 Å². The van der Waals surface area contributed by atoms with E-state index in [9.17, 15) is 4.79 Å². The van der Waals surface area contributed by atoms with Gasteiger partial charge >= 0.3 is 5.97 Å². The van der Waals surface area contributed by atoms with Crippen molar-refractivity contribution in [3.05, 3.63) is 24.3 Å². The van der Waals surface area contributed by atoms with Gasteiger partial charge in [-0.3, -0.25) is 4.79 Å². The average molecular weight is 251 g/mol. The average Bonchev–Trinajstić information content (AvgIpc) is 2.17. The van der Waals surface area contributed by atoms with Crippen molar-refractivity contribution in [3.63, 3.8) is 0 Å². The van der Waals surface area contributed by atoms with E-state index < -0.39 is 11.5 Å². The summed E-state index contributed by atoms with van der Waals surface area (Å²) in [5, 5.41) is 12.0. The van der Waals surface area contributed by atoms with Crippen molar-refractivity contribution in [1.29, 1.82) is 0 Å². The fourth-order valence-electron chi connectivity index (χ4n) is 1.70. The third kappa shape index (κ3) is 5.08. The summed E-state index contributed by atoms with van der Waals surface area (Å²) in [6, 6.07) is 7.53. The van der Waals surface area contributed by atoms with E-state index in [2.05, 4.69) is 5.32 Å². The van der Waals surface area contributed by atoms with E-state index in [1.165, 1.54) is 0 Å². The van der Waals surface area contributed by atoms with Gasteiger partial charge in [0.05, 0.1) is 12.5 Å². The van der Waals surface area contributed by atoms with E-state index in [0.29, 0.717) is 0 Å². The van der Waals surface area contributed by atoms with Gasteiger partial charge in [0, 0.05) is 11.2 Å². The molecular formula is C14H21NO3. The van der Waals surface area contributed by atoms with Crippen molar-refractivity contribution >= 4 is 11.7 Å². The van der Waals surface area contributed by atoms with Gasteiger partial charge in [-0.2, -0.15) is 0 Å². The highest BCUT2D eigenvalue weighted by molar-refractivity contribution is 5.69. The summed E-state index contributed by atoms with van der Waals surface area (Å²) in [4.78, 5) is 10.7. The molecule has 1 aromatic carbocycles. The largest absolute Gasteiger partial charge is 0.491 e.